The van der Waals surface area contributed by atoms with Crippen LogP contribution < -0.4 is 37.6 Å². The van der Waals surface area contributed by atoms with Crippen molar-refractivity contribution in [3.63, 3.8) is 0 Å². The Kier molecular flexibility index (Phi) is 36.2. The number of amides is 5. The zero-order valence-corrected chi connectivity index (χ0v) is 81.3. The number of nitrogens with one attached hydrogen (secondary N) is 2. The second-order valence-corrected chi connectivity index (χ2v) is 38.2. The topological polar surface area (TPSA) is 525 Å². The van der Waals surface area contributed by atoms with Gasteiger partial charge in [0.05, 0.1) is 74.8 Å². The molecular formula is C100H136N20O20. The number of oxazole rings is 1. The predicted octanol–water partition coefficient (Wildman–Crippen LogP) is 6.28. The Hall–Kier alpha value is -11.7. The van der Waals surface area contributed by atoms with Gasteiger partial charge < -0.3 is 110 Å². The van der Waals surface area contributed by atoms with E-state index in [0.29, 0.717) is 193 Å². The van der Waals surface area contributed by atoms with Crippen LogP contribution in [0.1, 0.15) is 164 Å². The first kappa shape index (κ1) is 104. The van der Waals surface area contributed by atoms with E-state index in [4.69, 9.17) is 59.9 Å². The minimum Gasteiger partial charge on any atom is -0.459 e. The van der Waals surface area contributed by atoms with Crippen LogP contribution in [-0.4, -0.2) is 318 Å². The van der Waals surface area contributed by atoms with Gasteiger partial charge in [-0.15, -0.1) is 0 Å². The number of methoxy groups -OCH3 is 2. The highest BCUT2D eigenvalue weighted by atomic mass is 16.6. The van der Waals surface area contributed by atoms with Crippen molar-refractivity contribution >= 4 is 93.1 Å². The Bertz CT molecular complexity index is 5570. The number of carbonyl (C=O) groups is 8. The second-order valence-electron chi connectivity index (χ2n) is 38.2. The van der Waals surface area contributed by atoms with E-state index in [0.717, 1.165) is 45.8 Å². The molecule has 14 rings (SSSR count). The molecule has 6 aliphatic heterocycles. The van der Waals surface area contributed by atoms with E-state index in [1.165, 1.54) is 13.4 Å². The van der Waals surface area contributed by atoms with Gasteiger partial charge >= 0.3 is 12.1 Å². The van der Waals surface area contributed by atoms with Gasteiger partial charge in [-0.2, -0.15) is 10.1 Å². The first-order chi connectivity index (χ1) is 67.4. The molecule has 12 N–H and O–H groups in total. The van der Waals surface area contributed by atoms with Crippen LogP contribution in [0.25, 0.3) is 33.4 Å². The number of carbonyl (C=O) groups excluding carboxylic acids is 8. The molecule has 756 valence electrons. The summed E-state index contributed by atoms with van der Waals surface area (Å²) in [5.41, 5.74) is 27.9. The predicted molar refractivity (Wildman–Crippen MR) is 518 cm³/mol. The molecule has 5 fully saturated rings. The monoisotopic (exact) mass is 1940 g/mol. The Balaban J connectivity index is 0.459. The number of hydrogen-bond acceptors (Lipinski definition) is 34. The number of aromatic nitrogens is 9. The van der Waals surface area contributed by atoms with Crippen LogP contribution in [0.3, 0.4) is 0 Å². The number of allylic oxidation sites excluding steroid dienone is 5. The van der Waals surface area contributed by atoms with E-state index >= 15 is 0 Å². The van der Waals surface area contributed by atoms with Gasteiger partial charge in [0.15, 0.2) is 17.0 Å². The average molecular weight is 1940 g/mol. The lowest BCUT2D eigenvalue weighted by molar-refractivity contribution is -0.265. The van der Waals surface area contributed by atoms with Gasteiger partial charge in [-0.25, -0.2) is 44.2 Å². The molecular weight excluding hydrogens is 1800 g/mol. The first-order valence-electron chi connectivity index (χ1n) is 49.0. The number of anilines is 4. The Labute approximate surface area is 814 Å². The van der Waals surface area contributed by atoms with E-state index in [1.807, 2.05) is 81.8 Å². The van der Waals surface area contributed by atoms with Crippen molar-refractivity contribution in [3.8, 4) is 11.3 Å². The number of aliphatic hydroxyl groups is 4. The number of nitrogens with two attached hydrogens (primary N) is 3. The third kappa shape index (κ3) is 26.5. The summed E-state index contributed by atoms with van der Waals surface area (Å²) in [6, 6.07) is 9.69. The highest BCUT2D eigenvalue weighted by molar-refractivity contribution is 6.39. The number of benzene rings is 2. The number of esters is 1. The van der Waals surface area contributed by atoms with Gasteiger partial charge in [0, 0.05) is 185 Å². The van der Waals surface area contributed by atoms with Gasteiger partial charge in [-0.1, -0.05) is 82.4 Å². The lowest BCUT2D eigenvalue weighted by atomic mass is 9.80. The fourth-order valence-electron chi connectivity index (χ4n) is 19.7. The highest BCUT2D eigenvalue weighted by Crippen LogP contribution is 2.40. The van der Waals surface area contributed by atoms with Crippen molar-refractivity contribution in [2.75, 3.05) is 140 Å². The smallest absolute Gasteiger partial charge is 0.407 e. The van der Waals surface area contributed by atoms with Gasteiger partial charge in [0.2, 0.25) is 29.5 Å². The number of ether oxygens (including phenoxy) is 7. The van der Waals surface area contributed by atoms with Crippen molar-refractivity contribution in [2.45, 2.75) is 224 Å². The van der Waals surface area contributed by atoms with E-state index in [2.05, 4.69) is 67.5 Å². The molecule has 5 aromatic heterocycles. The summed E-state index contributed by atoms with van der Waals surface area (Å²) < 4.78 is 49.1. The van der Waals surface area contributed by atoms with E-state index in [1.54, 1.807) is 71.7 Å². The Morgan fingerprint density at radius 2 is 1.43 bits per heavy atom. The summed E-state index contributed by atoms with van der Waals surface area (Å²) in [5, 5.41) is 57.9. The molecule has 0 spiro atoms. The number of hydrogen-bond donors (Lipinski definition) is 9. The molecule has 40 heteroatoms. The summed E-state index contributed by atoms with van der Waals surface area (Å²) >= 11 is 0. The zero-order chi connectivity index (χ0) is 99.4. The summed E-state index contributed by atoms with van der Waals surface area (Å²) in [7, 11) is 3.06. The number of fused-ring (bicyclic) bond motifs is 6. The van der Waals surface area contributed by atoms with Crippen molar-refractivity contribution in [1.82, 2.24) is 74.9 Å². The summed E-state index contributed by atoms with van der Waals surface area (Å²) in [6.07, 6.45) is 14.8. The minimum absolute atomic E-state index is 0.00283. The summed E-state index contributed by atoms with van der Waals surface area (Å²) in [4.78, 5) is 153. The van der Waals surface area contributed by atoms with Crippen molar-refractivity contribution in [2.24, 2.45) is 35.3 Å². The fraction of sp³-hybridized carbons (Fsp3) is 0.580. The van der Waals surface area contributed by atoms with Crippen molar-refractivity contribution in [3.05, 3.63) is 143 Å². The van der Waals surface area contributed by atoms with Crippen molar-refractivity contribution in [1.29, 1.82) is 0 Å². The van der Waals surface area contributed by atoms with Crippen LogP contribution >= 0.6 is 0 Å². The Morgan fingerprint density at radius 1 is 0.693 bits per heavy atom. The van der Waals surface area contributed by atoms with Gasteiger partial charge in [0.25, 0.3) is 23.6 Å². The first-order valence-corrected chi connectivity index (χ1v) is 49.0. The average Bonchev–Trinajstić information content (AvgIpc) is 1.63. The molecule has 4 saturated heterocycles. The molecule has 11 heterocycles. The van der Waals surface area contributed by atoms with Crippen LogP contribution in [0, 0.1) is 29.6 Å². The van der Waals surface area contributed by atoms with Gasteiger partial charge in [-0.05, 0) is 142 Å². The van der Waals surface area contributed by atoms with E-state index in [-0.39, 0.29) is 113 Å². The molecule has 1 saturated carbocycles. The number of nitrogen functional groups attached to an aromatic ring is 2. The number of Topliss-reactive ketones (excluding diaryl/α,β-unsaturated/α-hetero) is 2. The molecule has 2 bridgehead atoms. The fourth-order valence-corrected chi connectivity index (χ4v) is 19.7. The molecule has 0 radical (unpaired) electrons. The van der Waals surface area contributed by atoms with Gasteiger partial charge in [-0.3, -0.25) is 33.7 Å². The second kappa shape index (κ2) is 48.7. The molecule has 7 aromatic rings. The maximum absolute atomic E-state index is 14.7. The summed E-state index contributed by atoms with van der Waals surface area (Å²) in [5.74, 6) is -7.59. The maximum atomic E-state index is 14.7. The number of ketones is 2. The number of rotatable bonds is 26. The zero-order valence-electron chi connectivity index (χ0n) is 81.3. The van der Waals surface area contributed by atoms with Crippen LogP contribution in [0.5, 0.6) is 0 Å². The normalized spacial score (nSPS) is 27.5. The van der Waals surface area contributed by atoms with Crippen LogP contribution in [0.4, 0.5) is 28.5 Å². The molecule has 16 atom stereocenters. The quantitative estimate of drug-likeness (QED) is 0.0125. The van der Waals surface area contributed by atoms with Crippen molar-refractivity contribution < 1.29 is 96.4 Å². The number of piperazine rings is 2. The van der Waals surface area contributed by atoms with E-state index in [9.17, 15) is 58.8 Å². The third-order valence-corrected chi connectivity index (χ3v) is 28.2. The number of nitrogens with zero attached hydrogens (tertiary/aromatic N) is 15. The summed E-state index contributed by atoms with van der Waals surface area (Å²) in [6.45, 7) is 18.8. The third-order valence-electron chi connectivity index (χ3n) is 28.2. The number of cyclic esters (lactones) is 1. The molecule has 0 unspecified atom stereocenters. The molecule has 7 aliphatic rings. The molecule has 5 amide bonds. The number of alkyl carbamates (subject to hydrolysis) is 1. The molecule has 2 aromatic carbocycles. The van der Waals surface area contributed by atoms with Crippen LogP contribution in [0.2, 0.25) is 0 Å². The molecule has 40 nitrogen and oxygen atoms in total. The van der Waals surface area contributed by atoms with Gasteiger partial charge in [0.1, 0.15) is 53.8 Å². The standard InChI is InChI=1S/C100H136N20O20/c1-60-14-10-9-11-15-61(2)80(133-7)50-73-22-17-65(6)100(132,140-73)90(127)94(129)119-29-13-12-16-76(119)95(130)137-81(51-77(121)62(3)45-64(5)88(125)89(126)87(124)63(4)44-60)74(101)47-66-19-23-79(82(48-66)134-8)139-99(131)104-28-42-135-40-26-83(122)105-52-68-53-106-97(107-54-68)117-37-35-115(36-38-117)84(123)27-41-136-43-39-114-31-33-116(34-32-114)98-108-55-72(56-109-98)93(128)118-30-25-69-46-67(18-20-71(69)58-118)57-120-92-85(91(102)110-59-111-92)86(113-120)70-21-24-78-75(49-70)112-96(103)138-78/h9-11,14-15,18,20-21,24,45-46,49,53-56,59-60,62-63,65-66,73-74,76-77,79-82,88-89,121,125-126,132H,12-13,16-17,19,22-23,25-44,47-48,50-52,57-58,101H2,1-8H3,(H2,103,112)(H,104,131)(H,105,122)(H2,102,110,111)/b11-9+,14-10+,61-15+,64-45+/t60-,62-,63-,65-,66+,73+,74-,76+,77-,79-,80+,81+,82-,88-,89+,100-/m1/s1. The molecule has 140 heavy (non-hydrogen) atoms. The lowest BCUT2D eigenvalue weighted by Crippen LogP contribution is -2.61. The minimum atomic E-state index is -2.51. The Morgan fingerprint density at radius 3 is 2.18 bits per heavy atom. The number of piperidine rings is 1. The maximum Gasteiger partial charge on any atom is 0.407 e. The lowest BCUT2D eigenvalue weighted by Gasteiger charge is -2.42. The molecule has 1 aliphatic carbocycles. The van der Waals surface area contributed by atoms with Crippen LogP contribution in [-0.2, 0) is 88.0 Å². The largest absolute Gasteiger partial charge is 0.459 e. The number of aliphatic hydroxyl groups excluding tert-OH is 3. The SMILES string of the molecule is CO[C@H]1C[C@@H]2CC[C@@H](C)[C@@](O)(O2)C(=O)C(=O)N2CCCC[C@H]2C(=O)O[C@H]([C@H](N)C[C@@H]2CC[C@@H](OC(=O)NCCOCCC(=O)NCc3cnc(N4CCN(C(=O)CCOCCN5CCN(c6ncc(C(=O)N7CCc8cc(Cn9nc(-c%10ccc%11oc(N)nc%11c%10)c%10c(N)ncnc%109)ccc8C7)cn6)CC5)CC4)nc3)[C@H](OC)C2)C[C@@H](O)[C@H](C)/C=C(\C)[C@@H](O)[C@@H](O)C(=O)[C@H](C)C[C@H](C)/C=C/C=C/C=C/1C. The van der Waals surface area contributed by atoms with E-state index < -0.39 is 114 Å². The van der Waals surface area contributed by atoms with Crippen LogP contribution in [0.15, 0.2) is 120 Å². The highest BCUT2D eigenvalue weighted by Gasteiger charge is 2.54.